The lowest BCUT2D eigenvalue weighted by Gasteiger charge is -2.17. The van der Waals surface area contributed by atoms with Crippen molar-refractivity contribution in [1.29, 1.82) is 0 Å². The van der Waals surface area contributed by atoms with E-state index in [0.717, 1.165) is 5.56 Å². The van der Waals surface area contributed by atoms with Gasteiger partial charge >= 0.3 is 16.1 Å². The first-order chi connectivity index (χ1) is 16.4. The molecule has 0 spiro atoms. The lowest BCUT2D eigenvalue weighted by molar-refractivity contribution is -0.139. The maximum atomic E-state index is 13.3. The van der Waals surface area contributed by atoms with Gasteiger partial charge in [0.2, 0.25) is 11.8 Å². The second-order valence-corrected chi connectivity index (χ2v) is 9.78. The number of carbonyl (C=O) groups is 1. The number of nitrogen functional groups attached to an aromatic ring is 1. The van der Waals surface area contributed by atoms with E-state index in [1.165, 1.54) is 14.2 Å². The lowest BCUT2D eigenvalue weighted by atomic mass is 10.00. The van der Waals surface area contributed by atoms with Crippen molar-refractivity contribution in [2.75, 3.05) is 20.0 Å². The Balaban J connectivity index is 2.07. The Labute approximate surface area is 205 Å². The number of hydrogen-bond acceptors (Lipinski definition) is 9. The summed E-state index contributed by atoms with van der Waals surface area (Å²) in [6.45, 7) is 7.02. The molecular weight excluding hydrogens is 470 g/mol. The molecule has 2 N–H and O–H groups in total. The smallest absolute Gasteiger partial charge is 0.341 e. The first kappa shape index (κ1) is 26.0. The zero-order chi connectivity index (χ0) is 25.9. The first-order valence-electron chi connectivity index (χ1n) is 10.8. The molecule has 0 aliphatic rings. The fraction of sp³-hybridized carbons (Fsp3) is 0.320. The Morgan fingerprint density at radius 1 is 1.00 bits per heavy atom. The minimum Gasteiger partial charge on any atom is -0.496 e. The number of aromatic nitrogens is 2. The Morgan fingerprint density at radius 2 is 1.66 bits per heavy atom. The fourth-order valence-corrected chi connectivity index (χ4v) is 5.41. The summed E-state index contributed by atoms with van der Waals surface area (Å²) < 4.78 is 42.4. The van der Waals surface area contributed by atoms with E-state index in [-0.39, 0.29) is 35.5 Å². The summed E-state index contributed by atoms with van der Waals surface area (Å²) in [5.74, 6) is -0.101. The van der Waals surface area contributed by atoms with Crippen LogP contribution in [0, 0.1) is 27.7 Å². The molecule has 0 saturated heterocycles. The summed E-state index contributed by atoms with van der Waals surface area (Å²) in [7, 11) is -1.37. The Morgan fingerprint density at radius 3 is 2.26 bits per heavy atom. The molecule has 10 heteroatoms. The molecule has 2 aromatic carbocycles. The molecular formula is C25H29N3O6S. The topological polar surface area (TPSA) is 131 Å². The molecule has 3 aromatic rings. The predicted octanol–water partition coefficient (Wildman–Crippen LogP) is 3.38. The van der Waals surface area contributed by atoms with Crippen LogP contribution in [0.15, 0.2) is 35.2 Å². The van der Waals surface area contributed by atoms with Crippen molar-refractivity contribution in [2.24, 2.45) is 0 Å². The predicted molar refractivity (Wildman–Crippen MR) is 131 cm³/mol. The number of anilines is 1. The summed E-state index contributed by atoms with van der Waals surface area (Å²) in [5, 5.41) is 0. The zero-order valence-electron chi connectivity index (χ0n) is 20.6. The van der Waals surface area contributed by atoms with Crippen molar-refractivity contribution >= 4 is 22.0 Å². The number of aryl methyl sites for hydroxylation is 4. The quantitative estimate of drug-likeness (QED) is 0.366. The fourth-order valence-electron chi connectivity index (χ4n) is 4.08. The van der Waals surface area contributed by atoms with Crippen LogP contribution in [0.2, 0.25) is 0 Å². The molecule has 0 saturated carbocycles. The number of hydrogen-bond donors (Lipinski definition) is 1. The summed E-state index contributed by atoms with van der Waals surface area (Å²) in [4.78, 5) is 20.1. The van der Waals surface area contributed by atoms with Gasteiger partial charge in [0, 0.05) is 12.0 Å². The third-order valence-electron chi connectivity index (χ3n) is 5.52. The van der Waals surface area contributed by atoms with E-state index in [0.29, 0.717) is 39.3 Å². The van der Waals surface area contributed by atoms with Crippen LogP contribution in [0.5, 0.6) is 11.6 Å². The third kappa shape index (κ3) is 5.89. The molecule has 0 aliphatic carbocycles. The first-order valence-corrected chi connectivity index (χ1v) is 12.2. The van der Waals surface area contributed by atoms with E-state index in [2.05, 4.69) is 9.97 Å². The molecule has 0 amide bonds. The molecule has 35 heavy (non-hydrogen) atoms. The monoisotopic (exact) mass is 499 g/mol. The van der Waals surface area contributed by atoms with Gasteiger partial charge in [0.15, 0.2) is 0 Å². The Hall–Kier alpha value is -3.66. The van der Waals surface area contributed by atoms with Crippen molar-refractivity contribution in [3.63, 3.8) is 0 Å². The lowest BCUT2D eigenvalue weighted by Crippen LogP contribution is -2.17. The maximum Gasteiger partial charge on any atom is 0.341 e. The van der Waals surface area contributed by atoms with Crippen LogP contribution in [0.1, 0.15) is 39.1 Å². The average Bonchev–Trinajstić information content (AvgIpc) is 2.75. The Bertz CT molecular complexity index is 1360. The highest BCUT2D eigenvalue weighted by Crippen LogP contribution is 2.31. The van der Waals surface area contributed by atoms with Crippen LogP contribution < -0.4 is 14.7 Å². The van der Waals surface area contributed by atoms with Gasteiger partial charge in [-0.2, -0.15) is 13.4 Å². The van der Waals surface area contributed by atoms with Gasteiger partial charge in [0.1, 0.15) is 10.6 Å². The highest BCUT2D eigenvalue weighted by Gasteiger charge is 2.26. The van der Waals surface area contributed by atoms with E-state index in [1.807, 2.05) is 6.92 Å². The maximum absolute atomic E-state index is 13.3. The molecule has 186 valence electrons. The molecule has 1 aromatic heterocycles. The van der Waals surface area contributed by atoms with E-state index in [9.17, 15) is 13.2 Å². The summed E-state index contributed by atoms with van der Waals surface area (Å²) in [6.07, 6.45) is 0.259. The number of rotatable bonds is 8. The number of nitrogens with two attached hydrogens (primary N) is 1. The SMILES string of the molecule is COC(=O)Cc1ccc(OC)c(Cc2c(C)nc(N)nc2OS(=O)(=O)c2c(C)cc(C)cc2C)c1. The second kappa shape index (κ2) is 10.3. The number of nitrogens with zero attached hydrogens (tertiary/aromatic N) is 2. The number of benzene rings is 2. The van der Waals surface area contributed by atoms with Crippen LogP contribution >= 0.6 is 0 Å². The standard InChI is InChI=1S/C25H29N3O6S/c1-14-9-15(2)23(16(3)10-14)35(30,31)34-24-20(17(4)27-25(26)28-24)13-19-11-18(12-22(29)33-6)7-8-21(19)32-5/h7-11H,12-13H2,1-6H3,(H2,26,27,28). The van der Waals surface area contributed by atoms with Crippen LogP contribution in [0.3, 0.4) is 0 Å². The van der Waals surface area contributed by atoms with Crippen molar-refractivity contribution in [2.45, 2.75) is 45.4 Å². The number of methoxy groups -OCH3 is 2. The largest absolute Gasteiger partial charge is 0.496 e. The minimum absolute atomic E-state index is 0.0778. The van der Waals surface area contributed by atoms with Crippen molar-refractivity contribution < 1.29 is 26.9 Å². The van der Waals surface area contributed by atoms with Gasteiger partial charge in [-0.1, -0.05) is 29.8 Å². The second-order valence-electron chi connectivity index (χ2n) is 8.29. The van der Waals surface area contributed by atoms with E-state index in [1.54, 1.807) is 51.1 Å². The molecule has 0 unspecified atom stereocenters. The molecule has 0 aliphatic heterocycles. The normalized spacial score (nSPS) is 11.3. The van der Waals surface area contributed by atoms with Gasteiger partial charge in [-0.3, -0.25) is 4.79 Å². The van der Waals surface area contributed by atoms with Crippen LogP contribution in [0.4, 0.5) is 5.95 Å². The summed E-state index contributed by atoms with van der Waals surface area (Å²) >= 11 is 0. The van der Waals surface area contributed by atoms with Crippen LogP contribution in [0.25, 0.3) is 0 Å². The highest BCUT2D eigenvalue weighted by molar-refractivity contribution is 7.87. The van der Waals surface area contributed by atoms with Crippen LogP contribution in [-0.4, -0.2) is 38.6 Å². The molecule has 0 bridgehead atoms. The van der Waals surface area contributed by atoms with Gasteiger partial charge in [0.05, 0.1) is 26.3 Å². The zero-order valence-corrected chi connectivity index (χ0v) is 21.4. The van der Waals surface area contributed by atoms with Crippen molar-refractivity contribution in [3.8, 4) is 11.6 Å². The molecule has 9 nitrogen and oxygen atoms in total. The highest BCUT2D eigenvalue weighted by atomic mass is 32.2. The number of ether oxygens (including phenoxy) is 2. The summed E-state index contributed by atoms with van der Waals surface area (Å²) in [6, 6.07) is 8.84. The molecule has 1 heterocycles. The van der Waals surface area contributed by atoms with Crippen molar-refractivity contribution in [1.82, 2.24) is 9.97 Å². The minimum atomic E-state index is -4.22. The molecule has 0 radical (unpaired) electrons. The van der Waals surface area contributed by atoms with E-state index >= 15 is 0 Å². The third-order valence-corrected chi connectivity index (χ3v) is 7.05. The van der Waals surface area contributed by atoms with Gasteiger partial charge in [0.25, 0.3) is 0 Å². The number of esters is 1. The molecule has 0 fully saturated rings. The average molecular weight is 500 g/mol. The summed E-state index contributed by atoms with van der Waals surface area (Å²) in [5.41, 5.74) is 10.2. The Kier molecular flexibility index (Phi) is 7.64. The van der Waals surface area contributed by atoms with Gasteiger partial charge in [-0.05, 0) is 56.0 Å². The van der Waals surface area contributed by atoms with Crippen molar-refractivity contribution in [3.05, 3.63) is 69.4 Å². The van der Waals surface area contributed by atoms with E-state index in [4.69, 9.17) is 19.4 Å². The van der Waals surface area contributed by atoms with Crippen LogP contribution in [-0.2, 0) is 32.5 Å². The van der Waals surface area contributed by atoms with Gasteiger partial charge in [-0.15, -0.1) is 0 Å². The molecule has 0 atom stereocenters. The number of carbonyl (C=O) groups excluding carboxylic acids is 1. The van der Waals surface area contributed by atoms with E-state index < -0.39 is 10.1 Å². The van der Waals surface area contributed by atoms with Gasteiger partial charge < -0.3 is 19.4 Å². The molecule has 3 rings (SSSR count). The van der Waals surface area contributed by atoms with Gasteiger partial charge in [-0.25, -0.2) is 4.98 Å².